The first-order valence-corrected chi connectivity index (χ1v) is 12.4. The Morgan fingerprint density at radius 3 is 2.09 bits per heavy atom. The molecule has 1 aromatic carbocycles. The Balaban J connectivity index is 2.17. The van der Waals surface area contributed by atoms with Crippen molar-refractivity contribution in [1.82, 2.24) is 19.4 Å². The van der Waals surface area contributed by atoms with Crippen LogP contribution in [0, 0.1) is 5.92 Å². The van der Waals surface area contributed by atoms with Crippen molar-refractivity contribution in [1.29, 1.82) is 0 Å². The van der Waals surface area contributed by atoms with Gasteiger partial charge in [0.2, 0.25) is 21.8 Å². The number of sulfonamides is 1. The molecule has 1 saturated heterocycles. The van der Waals surface area contributed by atoms with Crippen LogP contribution in [-0.4, -0.2) is 85.6 Å². The second-order valence-electron chi connectivity index (χ2n) is 8.14. The Morgan fingerprint density at radius 2 is 1.59 bits per heavy atom. The first kappa shape index (κ1) is 25.8. The Kier molecular flexibility index (Phi) is 8.80. The van der Waals surface area contributed by atoms with Gasteiger partial charge in [-0.25, -0.2) is 8.42 Å². The van der Waals surface area contributed by atoms with E-state index in [2.05, 4.69) is 5.32 Å². The fourth-order valence-corrected chi connectivity index (χ4v) is 5.19. The van der Waals surface area contributed by atoms with Gasteiger partial charge in [-0.05, 0) is 24.1 Å². The molecule has 1 heterocycles. The number of benzene rings is 1. The summed E-state index contributed by atoms with van der Waals surface area (Å²) in [5.74, 6) is -0.898. The molecule has 0 saturated carbocycles. The Hall–Kier alpha value is -2.46. The molecule has 0 spiro atoms. The lowest BCUT2D eigenvalue weighted by molar-refractivity contribution is -0.140. The highest BCUT2D eigenvalue weighted by Crippen LogP contribution is 2.18. The quantitative estimate of drug-likeness (QED) is 0.619. The van der Waals surface area contributed by atoms with Gasteiger partial charge in [-0.1, -0.05) is 33.8 Å². The lowest BCUT2D eigenvalue weighted by Crippen LogP contribution is -2.57. The number of carbonyl (C=O) groups is 3. The molecule has 0 aliphatic carbocycles. The minimum atomic E-state index is -3.70. The van der Waals surface area contributed by atoms with Crippen LogP contribution in [0.5, 0.6) is 0 Å². The van der Waals surface area contributed by atoms with Crippen molar-refractivity contribution in [2.75, 3.05) is 39.3 Å². The molecule has 0 bridgehead atoms. The molecular weight excluding hydrogens is 432 g/mol. The molecule has 178 valence electrons. The van der Waals surface area contributed by atoms with Crippen LogP contribution in [0.1, 0.15) is 45.0 Å². The third-order valence-corrected chi connectivity index (χ3v) is 7.74. The summed E-state index contributed by atoms with van der Waals surface area (Å²) < 4.78 is 26.9. The van der Waals surface area contributed by atoms with Gasteiger partial charge in [0.25, 0.3) is 5.91 Å². The van der Waals surface area contributed by atoms with Gasteiger partial charge in [0.1, 0.15) is 6.04 Å². The van der Waals surface area contributed by atoms with Crippen LogP contribution in [0.4, 0.5) is 0 Å². The summed E-state index contributed by atoms with van der Waals surface area (Å²) >= 11 is 0. The van der Waals surface area contributed by atoms with Gasteiger partial charge in [0.05, 0.1) is 4.90 Å². The molecule has 1 aliphatic heterocycles. The second kappa shape index (κ2) is 10.9. The van der Waals surface area contributed by atoms with Gasteiger partial charge in [-0.15, -0.1) is 0 Å². The third-order valence-electron chi connectivity index (χ3n) is 5.70. The van der Waals surface area contributed by atoms with Crippen LogP contribution in [0.15, 0.2) is 29.2 Å². The SMILES string of the molecule is CCN(CC)S(=O)(=O)c1cccc(C(=O)N[C@H](C(=O)N2CCN(C(C)=O)CC2)C(C)C)c1. The normalized spacial score (nSPS) is 15.7. The summed E-state index contributed by atoms with van der Waals surface area (Å²) in [5.41, 5.74) is 0.179. The maximum Gasteiger partial charge on any atom is 0.251 e. The molecule has 1 N–H and O–H groups in total. The number of hydrogen-bond acceptors (Lipinski definition) is 5. The van der Waals surface area contributed by atoms with Crippen LogP contribution in [0.25, 0.3) is 0 Å². The summed E-state index contributed by atoms with van der Waals surface area (Å²) in [4.78, 5) is 40.9. The van der Waals surface area contributed by atoms with E-state index in [1.54, 1.807) is 23.6 Å². The summed E-state index contributed by atoms with van der Waals surface area (Å²) in [5, 5.41) is 2.78. The highest BCUT2D eigenvalue weighted by atomic mass is 32.2. The molecule has 1 aromatic rings. The number of piperazine rings is 1. The Bertz CT molecular complexity index is 935. The number of nitrogens with zero attached hydrogens (tertiary/aromatic N) is 3. The van der Waals surface area contributed by atoms with Crippen molar-refractivity contribution in [3.8, 4) is 0 Å². The van der Waals surface area contributed by atoms with E-state index in [1.165, 1.54) is 35.5 Å². The molecule has 1 fully saturated rings. The van der Waals surface area contributed by atoms with E-state index in [-0.39, 0.29) is 28.2 Å². The topological polar surface area (TPSA) is 107 Å². The Labute approximate surface area is 190 Å². The minimum absolute atomic E-state index is 0.0228. The number of carbonyl (C=O) groups excluding carboxylic acids is 3. The first-order chi connectivity index (χ1) is 15.0. The molecule has 1 aliphatic rings. The summed E-state index contributed by atoms with van der Waals surface area (Å²) in [6.07, 6.45) is 0. The standard InChI is InChI=1S/C22H34N4O5S/c1-6-26(7-2)32(30,31)19-10-8-9-18(15-19)21(28)23-20(16(3)4)22(29)25-13-11-24(12-14-25)17(5)27/h8-10,15-16,20H,6-7,11-14H2,1-5H3,(H,23,28)/t20-/m0/s1. The highest BCUT2D eigenvalue weighted by Gasteiger charge is 2.31. The fraction of sp³-hybridized carbons (Fsp3) is 0.591. The van der Waals surface area contributed by atoms with Gasteiger partial charge in [0, 0.05) is 51.8 Å². The highest BCUT2D eigenvalue weighted by molar-refractivity contribution is 7.89. The average Bonchev–Trinajstić information content (AvgIpc) is 2.77. The van der Waals surface area contributed by atoms with Crippen molar-refractivity contribution >= 4 is 27.7 Å². The zero-order valence-electron chi connectivity index (χ0n) is 19.5. The number of amides is 3. The van der Waals surface area contributed by atoms with Crippen LogP contribution in [-0.2, 0) is 19.6 Å². The van der Waals surface area contributed by atoms with Crippen molar-refractivity contribution in [3.05, 3.63) is 29.8 Å². The molecule has 1 atom stereocenters. The van der Waals surface area contributed by atoms with Crippen molar-refractivity contribution in [3.63, 3.8) is 0 Å². The van der Waals surface area contributed by atoms with Crippen molar-refractivity contribution < 1.29 is 22.8 Å². The summed E-state index contributed by atoms with van der Waals surface area (Å²) in [6.45, 7) is 11.1. The predicted octanol–water partition coefficient (Wildman–Crippen LogP) is 1.16. The number of hydrogen-bond donors (Lipinski definition) is 1. The van der Waals surface area contributed by atoms with Gasteiger partial charge < -0.3 is 15.1 Å². The van der Waals surface area contributed by atoms with Crippen LogP contribution >= 0.6 is 0 Å². The summed E-state index contributed by atoms with van der Waals surface area (Å²) in [6, 6.07) is 5.11. The zero-order valence-corrected chi connectivity index (χ0v) is 20.3. The fourth-order valence-electron chi connectivity index (χ4n) is 3.69. The second-order valence-corrected chi connectivity index (χ2v) is 10.1. The van der Waals surface area contributed by atoms with E-state index in [0.717, 1.165) is 0 Å². The smallest absolute Gasteiger partial charge is 0.251 e. The van der Waals surface area contributed by atoms with Crippen LogP contribution < -0.4 is 5.32 Å². The van der Waals surface area contributed by atoms with E-state index < -0.39 is 22.0 Å². The first-order valence-electron chi connectivity index (χ1n) is 11.0. The molecule has 0 radical (unpaired) electrons. The van der Waals surface area contributed by atoms with Crippen LogP contribution in [0.2, 0.25) is 0 Å². The average molecular weight is 467 g/mol. The molecule has 2 rings (SSSR count). The molecular formula is C22H34N4O5S. The molecule has 3 amide bonds. The number of rotatable bonds is 8. The number of nitrogens with one attached hydrogen (secondary N) is 1. The van der Waals surface area contributed by atoms with Gasteiger partial charge in [-0.3, -0.25) is 14.4 Å². The van der Waals surface area contributed by atoms with Crippen molar-refractivity contribution in [2.45, 2.75) is 45.6 Å². The van der Waals surface area contributed by atoms with Gasteiger partial charge >= 0.3 is 0 Å². The van der Waals surface area contributed by atoms with Crippen LogP contribution in [0.3, 0.4) is 0 Å². The molecule has 0 aromatic heterocycles. The van der Waals surface area contributed by atoms with Gasteiger partial charge in [-0.2, -0.15) is 4.31 Å². The predicted molar refractivity (Wildman–Crippen MR) is 121 cm³/mol. The van der Waals surface area contributed by atoms with Gasteiger partial charge in [0.15, 0.2) is 0 Å². The molecule has 10 heteroatoms. The van der Waals surface area contributed by atoms with E-state index in [9.17, 15) is 22.8 Å². The lowest BCUT2D eigenvalue weighted by atomic mass is 10.0. The van der Waals surface area contributed by atoms with E-state index >= 15 is 0 Å². The summed E-state index contributed by atoms with van der Waals surface area (Å²) in [7, 11) is -3.70. The maximum absolute atomic E-state index is 13.1. The molecule has 0 unspecified atom stereocenters. The minimum Gasteiger partial charge on any atom is -0.340 e. The third kappa shape index (κ3) is 5.86. The lowest BCUT2D eigenvalue weighted by Gasteiger charge is -2.37. The van der Waals surface area contributed by atoms with E-state index in [0.29, 0.717) is 39.3 Å². The van der Waals surface area contributed by atoms with E-state index in [1.807, 2.05) is 13.8 Å². The van der Waals surface area contributed by atoms with Crippen molar-refractivity contribution in [2.24, 2.45) is 5.92 Å². The molecule has 9 nitrogen and oxygen atoms in total. The largest absolute Gasteiger partial charge is 0.340 e. The zero-order chi connectivity index (χ0) is 24.1. The molecule has 32 heavy (non-hydrogen) atoms. The van der Waals surface area contributed by atoms with E-state index in [4.69, 9.17) is 0 Å². The Morgan fingerprint density at radius 1 is 1.03 bits per heavy atom. The monoisotopic (exact) mass is 466 g/mol. The maximum atomic E-state index is 13.1.